The minimum absolute atomic E-state index is 0.382. The number of carbonyl (C=O) groups is 1. The molecule has 0 radical (unpaired) electrons. The number of fused-ring (bicyclic) bond motifs is 1. The van der Waals surface area contributed by atoms with Gasteiger partial charge in [0, 0.05) is 25.7 Å². The van der Waals surface area contributed by atoms with E-state index < -0.39 is 5.60 Å². The molecule has 22 heavy (non-hydrogen) atoms. The van der Waals surface area contributed by atoms with Gasteiger partial charge >= 0.3 is 6.09 Å². The van der Waals surface area contributed by atoms with Crippen molar-refractivity contribution in [3.8, 4) is 0 Å². The average molecular weight is 305 g/mol. The van der Waals surface area contributed by atoms with Gasteiger partial charge in [-0.05, 0) is 45.4 Å². The van der Waals surface area contributed by atoms with Gasteiger partial charge in [0.25, 0.3) is 0 Å². The molecule has 2 N–H and O–H groups in total. The number of alkyl carbamates (subject to hydrolysis) is 1. The van der Waals surface area contributed by atoms with Crippen molar-refractivity contribution in [2.45, 2.75) is 39.7 Å². The molecular formula is C16H23N3O3. The third kappa shape index (κ3) is 4.95. The second kappa shape index (κ2) is 6.68. The van der Waals surface area contributed by atoms with Gasteiger partial charge in [0.15, 0.2) is 11.5 Å². The highest BCUT2D eigenvalue weighted by Gasteiger charge is 2.15. The Hall–Kier alpha value is -2.24. The van der Waals surface area contributed by atoms with Crippen LogP contribution >= 0.6 is 0 Å². The second-order valence-corrected chi connectivity index (χ2v) is 6.12. The number of hydrogen-bond acceptors (Lipinski definition) is 5. The van der Waals surface area contributed by atoms with Crippen LogP contribution in [-0.4, -0.2) is 29.8 Å². The van der Waals surface area contributed by atoms with Crippen LogP contribution in [0.1, 0.15) is 33.1 Å². The van der Waals surface area contributed by atoms with E-state index in [4.69, 9.17) is 9.15 Å². The Morgan fingerprint density at radius 3 is 2.82 bits per heavy atom. The van der Waals surface area contributed by atoms with Gasteiger partial charge in [0.05, 0.1) is 0 Å². The zero-order valence-corrected chi connectivity index (χ0v) is 13.5. The van der Waals surface area contributed by atoms with Gasteiger partial charge in [-0.1, -0.05) is 0 Å². The smallest absolute Gasteiger partial charge is 0.407 e. The van der Waals surface area contributed by atoms with E-state index >= 15 is 0 Å². The summed E-state index contributed by atoms with van der Waals surface area (Å²) >= 11 is 0. The largest absolute Gasteiger partial charge is 0.444 e. The van der Waals surface area contributed by atoms with Crippen LogP contribution < -0.4 is 10.6 Å². The molecule has 120 valence electrons. The first-order valence-corrected chi connectivity index (χ1v) is 7.41. The van der Waals surface area contributed by atoms with E-state index in [1.165, 1.54) is 0 Å². The van der Waals surface area contributed by atoms with E-state index in [0.717, 1.165) is 29.8 Å². The fourth-order valence-electron chi connectivity index (χ4n) is 1.98. The lowest BCUT2D eigenvalue weighted by Gasteiger charge is -2.19. The maximum Gasteiger partial charge on any atom is 0.407 e. The van der Waals surface area contributed by atoms with Crippen molar-refractivity contribution in [1.82, 2.24) is 10.3 Å². The number of hydrogen-bond donors (Lipinski definition) is 2. The number of aromatic nitrogens is 1. The Kier molecular flexibility index (Phi) is 4.90. The Labute approximate surface area is 130 Å². The summed E-state index contributed by atoms with van der Waals surface area (Å²) in [7, 11) is 0. The number of anilines is 1. The molecule has 0 saturated heterocycles. The maximum absolute atomic E-state index is 11.5. The van der Waals surface area contributed by atoms with Crippen LogP contribution in [0.3, 0.4) is 0 Å². The summed E-state index contributed by atoms with van der Waals surface area (Å²) in [5.41, 5.74) is 2.15. The summed E-state index contributed by atoms with van der Waals surface area (Å²) < 4.78 is 10.6. The van der Waals surface area contributed by atoms with Crippen LogP contribution in [0, 0.1) is 6.92 Å². The van der Waals surface area contributed by atoms with Gasteiger partial charge in [0.1, 0.15) is 11.1 Å². The van der Waals surface area contributed by atoms with Crippen LogP contribution in [0.5, 0.6) is 0 Å². The van der Waals surface area contributed by atoms with Gasteiger partial charge < -0.3 is 19.8 Å². The van der Waals surface area contributed by atoms with Gasteiger partial charge in [-0.2, -0.15) is 0 Å². The summed E-state index contributed by atoms with van der Waals surface area (Å²) in [6, 6.07) is 5.80. The van der Waals surface area contributed by atoms with Gasteiger partial charge in [0.2, 0.25) is 0 Å². The Balaban J connectivity index is 1.70. The summed E-state index contributed by atoms with van der Waals surface area (Å²) in [5, 5.41) is 6.02. The van der Waals surface area contributed by atoms with Crippen LogP contribution in [0.15, 0.2) is 22.6 Å². The first kappa shape index (κ1) is 16.1. The molecule has 1 heterocycles. The number of aryl methyl sites for hydroxylation is 1. The molecule has 1 amide bonds. The standard InChI is InChI=1S/C16H23N3O3/c1-11-19-13-10-12(6-7-14(13)21-11)17-8-5-9-18-15(20)22-16(2,3)4/h6-7,10,17H,5,8-9H2,1-4H3,(H,18,20). The van der Waals surface area contributed by atoms with Crippen molar-refractivity contribution in [2.24, 2.45) is 0 Å². The van der Waals surface area contributed by atoms with Crippen molar-refractivity contribution in [3.05, 3.63) is 24.1 Å². The van der Waals surface area contributed by atoms with Crippen LogP contribution in [-0.2, 0) is 4.74 Å². The molecule has 0 fully saturated rings. The monoisotopic (exact) mass is 305 g/mol. The molecule has 1 aromatic heterocycles. The average Bonchev–Trinajstić information content (AvgIpc) is 2.75. The van der Waals surface area contributed by atoms with E-state index in [0.29, 0.717) is 12.4 Å². The van der Waals surface area contributed by atoms with E-state index in [2.05, 4.69) is 15.6 Å². The zero-order valence-electron chi connectivity index (χ0n) is 13.5. The number of rotatable bonds is 5. The number of nitrogens with zero attached hydrogens (tertiary/aromatic N) is 1. The molecule has 0 aliphatic rings. The number of oxazole rings is 1. The maximum atomic E-state index is 11.5. The van der Waals surface area contributed by atoms with Crippen LogP contribution in [0.2, 0.25) is 0 Å². The normalized spacial score (nSPS) is 11.5. The van der Waals surface area contributed by atoms with E-state index in [-0.39, 0.29) is 6.09 Å². The van der Waals surface area contributed by atoms with Crippen molar-refractivity contribution < 1.29 is 13.9 Å². The molecule has 2 aromatic rings. The highest BCUT2D eigenvalue weighted by Crippen LogP contribution is 2.19. The minimum atomic E-state index is -0.465. The predicted molar refractivity (Wildman–Crippen MR) is 86.1 cm³/mol. The molecule has 0 saturated carbocycles. The highest BCUT2D eigenvalue weighted by molar-refractivity contribution is 5.77. The molecule has 0 bridgehead atoms. The third-order valence-electron chi connectivity index (χ3n) is 2.85. The lowest BCUT2D eigenvalue weighted by molar-refractivity contribution is 0.0528. The molecule has 0 atom stereocenters. The number of amides is 1. The molecule has 0 aliphatic heterocycles. The SMILES string of the molecule is Cc1nc2cc(NCCCNC(=O)OC(C)(C)C)ccc2o1. The quantitative estimate of drug-likeness (QED) is 0.827. The molecular weight excluding hydrogens is 282 g/mol. The van der Waals surface area contributed by atoms with Crippen molar-refractivity contribution >= 4 is 22.9 Å². The van der Waals surface area contributed by atoms with Crippen LogP contribution in [0.25, 0.3) is 11.1 Å². The lowest BCUT2D eigenvalue weighted by Crippen LogP contribution is -2.33. The minimum Gasteiger partial charge on any atom is -0.444 e. The first-order chi connectivity index (χ1) is 10.3. The predicted octanol–water partition coefficient (Wildman–Crippen LogP) is 3.46. The summed E-state index contributed by atoms with van der Waals surface area (Å²) in [4.78, 5) is 15.8. The third-order valence-corrected chi connectivity index (χ3v) is 2.85. The fourth-order valence-corrected chi connectivity index (χ4v) is 1.98. The van der Waals surface area contributed by atoms with Gasteiger partial charge in [-0.25, -0.2) is 9.78 Å². The Morgan fingerprint density at radius 2 is 2.09 bits per heavy atom. The fraction of sp³-hybridized carbons (Fsp3) is 0.500. The number of ether oxygens (including phenoxy) is 1. The number of carbonyl (C=O) groups excluding carboxylic acids is 1. The van der Waals surface area contributed by atoms with Crippen LogP contribution in [0.4, 0.5) is 10.5 Å². The highest BCUT2D eigenvalue weighted by atomic mass is 16.6. The van der Waals surface area contributed by atoms with Crippen molar-refractivity contribution in [3.63, 3.8) is 0 Å². The van der Waals surface area contributed by atoms with Crippen molar-refractivity contribution in [2.75, 3.05) is 18.4 Å². The zero-order chi connectivity index (χ0) is 16.2. The Bertz CT molecular complexity index is 644. The number of benzene rings is 1. The molecule has 2 rings (SSSR count). The number of nitrogens with one attached hydrogen (secondary N) is 2. The topological polar surface area (TPSA) is 76.4 Å². The summed E-state index contributed by atoms with van der Waals surface area (Å²) in [6.07, 6.45) is 0.418. The molecule has 0 spiro atoms. The molecule has 6 heteroatoms. The van der Waals surface area contributed by atoms with E-state index in [1.807, 2.05) is 45.9 Å². The van der Waals surface area contributed by atoms with Gasteiger partial charge in [-0.15, -0.1) is 0 Å². The Morgan fingerprint density at radius 1 is 1.32 bits per heavy atom. The van der Waals surface area contributed by atoms with E-state index in [9.17, 15) is 4.79 Å². The molecule has 0 unspecified atom stereocenters. The summed E-state index contributed by atoms with van der Waals surface area (Å²) in [6.45, 7) is 8.67. The lowest BCUT2D eigenvalue weighted by atomic mass is 10.2. The molecule has 6 nitrogen and oxygen atoms in total. The van der Waals surface area contributed by atoms with E-state index in [1.54, 1.807) is 0 Å². The van der Waals surface area contributed by atoms with Crippen molar-refractivity contribution in [1.29, 1.82) is 0 Å². The summed E-state index contributed by atoms with van der Waals surface area (Å²) in [5.74, 6) is 0.661. The van der Waals surface area contributed by atoms with Gasteiger partial charge in [-0.3, -0.25) is 0 Å². The second-order valence-electron chi connectivity index (χ2n) is 6.12. The first-order valence-electron chi connectivity index (χ1n) is 7.41. The molecule has 1 aromatic carbocycles. The molecule has 0 aliphatic carbocycles.